The van der Waals surface area contributed by atoms with Gasteiger partial charge in [0, 0.05) is 12.6 Å². The van der Waals surface area contributed by atoms with Crippen LogP contribution >= 0.6 is 0 Å². The smallest absolute Gasteiger partial charge is 0.0510 e. The van der Waals surface area contributed by atoms with Crippen LogP contribution in [-0.2, 0) is 4.74 Å². The van der Waals surface area contributed by atoms with E-state index in [2.05, 4.69) is 11.8 Å². The maximum absolute atomic E-state index is 5.65. The largest absolute Gasteiger partial charge is 0.381 e. The Labute approximate surface area is 106 Å². The first-order chi connectivity index (χ1) is 8.35. The second-order valence-corrected chi connectivity index (χ2v) is 5.66. The molecule has 2 heterocycles. The van der Waals surface area contributed by atoms with Gasteiger partial charge in [-0.1, -0.05) is 6.92 Å². The monoisotopic (exact) mass is 240 g/mol. The maximum Gasteiger partial charge on any atom is 0.0510 e. The van der Waals surface area contributed by atoms with Gasteiger partial charge in [0.2, 0.25) is 0 Å². The number of piperidine rings is 1. The molecule has 2 fully saturated rings. The molecule has 2 atom stereocenters. The highest BCUT2D eigenvalue weighted by Crippen LogP contribution is 2.28. The van der Waals surface area contributed by atoms with Gasteiger partial charge in [0.25, 0.3) is 0 Å². The highest BCUT2D eigenvalue weighted by atomic mass is 16.5. The fraction of sp³-hybridized carbons (Fsp3) is 1.00. The lowest BCUT2D eigenvalue weighted by molar-refractivity contribution is 0.0805. The van der Waals surface area contributed by atoms with Gasteiger partial charge in [0.15, 0.2) is 0 Å². The molecule has 0 aromatic rings. The minimum atomic E-state index is 0.760. The number of hydrogen-bond acceptors (Lipinski definition) is 3. The molecule has 0 aromatic heterocycles. The molecule has 0 aliphatic carbocycles. The summed E-state index contributed by atoms with van der Waals surface area (Å²) < 4.78 is 5.55. The molecule has 2 N–H and O–H groups in total. The molecule has 0 spiro atoms. The molecule has 2 saturated heterocycles. The molecule has 0 radical (unpaired) electrons. The maximum atomic E-state index is 5.65. The average molecular weight is 240 g/mol. The van der Waals surface area contributed by atoms with Crippen molar-refractivity contribution in [2.45, 2.75) is 45.1 Å². The van der Waals surface area contributed by atoms with Crippen molar-refractivity contribution in [3.05, 3.63) is 0 Å². The van der Waals surface area contributed by atoms with E-state index in [1.165, 1.54) is 45.2 Å². The van der Waals surface area contributed by atoms with Gasteiger partial charge in [-0.2, -0.15) is 0 Å². The zero-order valence-electron chi connectivity index (χ0n) is 11.2. The summed E-state index contributed by atoms with van der Waals surface area (Å²) in [5.41, 5.74) is 5.65. The second-order valence-electron chi connectivity index (χ2n) is 5.66. The third kappa shape index (κ3) is 3.43. The lowest BCUT2D eigenvalue weighted by Gasteiger charge is -2.39. The van der Waals surface area contributed by atoms with Crippen LogP contribution in [-0.4, -0.2) is 43.8 Å². The first-order valence-corrected chi connectivity index (χ1v) is 7.37. The second kappa shape index (κ2) is 6.72. The van der Waals surface area contributed by atoms with Crippen LogP contribution in [0.3, 0.4) is 0 Å². The van der Waals surface area contributed by atoms with Gasteiger partial charge in [-0.05, 0) is 63.6 Å². The summed E-state index contributed by atoms with van der Waals surface area (Å²) in [4.78, 5) is 2.71. The molecular weight excluding hydrogens is 212 g/mol. The van der Waals surface area contributed by atoms with Crippen molar-refractivity contribution in [1.29, 1.82) is 0 Å². The van der Waals surface area contributed by atoms with Crippen molar-refractivity contribution in [3.63, 3.8) is 0 Å². The third-order valence-electron chi connectivity index (χ3n) is 4.62. The standard InChI is InChI=1S/C14H28N2O/c1-2-14(13-6-10-17-11-13)16-8-4-12(3-7-15)5-9-16/h12-14H,2-11,15H2,1H3. The SMILES string of the molecule is CCC(C1CCOC1)N1CCC(CCN)CC1. The van der Waals surface area contributed by atoms with Gasteiger partial charge < -0.3 is 15.4 Å². The first kappa shape index (κ1) is 13.3. The molecule has 3 heteroatoms. The number of rotatable bonds is 5. The third-order valence-corrected chi connectivity index (χ3v) is 4.62. The molecule has 2 aliphatic rings. The number of likely N-dealkylation sites (tertiary alicyclic amines) is 1. The molecule has 2 unspecified atom stereocenters. The average Bonchev–Trinajstić information content (AvgIpc) is 2.86. The van der Waals surface area contributed by atoms with Crippen LogP contribution in [0, 0.1) is 11.8 Å². The molecule has 2 aliphatic heterocycles. The van der Waals surface area contributed by atoms with Crippen LogP contribution in [0.2, 0.25) is 0 Å². The lowest BCUT2D eigenvalue weighted by atomic mass is 9.89. The van der Waals surface area contributed by atoms with Crippen molar-refractivity contribution in [2.75, 3.05) is 32.8 Å². The van der Waals surface area contributed by atoms with E-state index in [0.29, 0.717) is 0 Å². The number of nitrogens with zero attached hydrogens (tertiary/aromatic N) is 1. The zero-order chi connectivity index (χ0) is 12.1. The Balaban J connectivity index is 1.81. The van der Waals surface area contributed by atoms with Crippen molar-refractivity contribution < 1.29 is 4.74 Å². The predicted molar refractivity (Wildman–Crippen MR) is 71.0 cm³/mol. The van der Waals surface area contributed by atoms with Gasteiger partial charge >= 0.3 is 0 Å². The summed E-state index contributed by atoms with van der Waals surface area (Å²) in [5.74, 6) is 1.67. The Morgan fingerprint density at radius 3 is 2.59 bits per heavy atom. The number of hydrogen-bond donors (Lipinski definition) is 1. The molecule has 0 saturated carbocycles. The molecule has 0 bridgehead atoms. The minimum Gasteiger partial charge on any atom is -0.381 e. The highest BCUT2D eigenvalue weighted by Gasteiger charge is 2.31. The predicted octanol–water partition coefficient (Wildman–Crippen LogP) is 1.86. The van der Waals surface area contributed by atoms with Crippen molar-refractivity contribution in [1.82, 2.24) is 4.90 Å². The molecule has 0 amide bonds. The molecule has 0 aromatic carbocycles. The Morgan fingerprint density at radius 2 is 2.06 bits per heavy atom. The summed E-state index contributed by atoms with van der Waals surface area (Å²) in [6, 6.07) is 0.760. The van der Waals surface area contributed by atoms with E-state index >= 15 is 0 Å². The summed E-state index contributed by atoms with van der Waals surface area (Å²) in [6.45, 7) is 7.71. The van der Waals surface area contributed by atoms with E-state index in [0.717, 1.165) is 37.6 Å². The zero-order valence-corrected chi connectivity index (χ0v) is 11.2. The normalized spacial score (nSPS) is 29.6. The Kier molecular flexibility index (Phi) is 5.26. The van der Waals surface area contributed by atoms with Gasteiger partial charge in [-0.25, -0.2) is 0 Å². The molecule has 3 nitrogen and oxygen atoms in total. The summed E-state index contributed by atoms with van der Waals surface area (Å²) in [5, 5.41) is 0. The quantitative estimate of drug-likeness (QED) is 0.797. The van der Waals surface area contributed by atoms with Crippen molar-refractivity contribution >= 4 is 0 Å². The van der Waals surface area contributed by atoms with Gasteiger partial charge in [0.1, 0.15) is 0 Å². The van der Waals surface area contributed by atoms with E-state index in [1.54, 1.807) is 0 Å². The van der Waals surface area contributed by atoms with Crippen LogP contribution < -0.4 is 5.73 Å². The van der Waals surface area contributed by atoms with E-state index in [9.17, 15) is 0 Å². The minimum absolute atomic E-state index is 0.760. The van der Waals surface area contributed by atoms with Gasteiger partial charge in [-0.15, -0.1) is 0 Å². The van der Waals surface area contributed by atoms with Gasteiger partial charge in [-0.3, -0.25) is 0 Å². The van der Waals surface area contributed by atoms with E-state index < -0.39 is 0 Å². The van der Waals surface area contributed by atoms with Crippen LogP contribution in [0.4, 0.5) is 0 Å². The van der Waals surface area contributed by atoms with E-state index in [1.807, 2.05) is 0 Å². The molecular formula is C14H28N2O. The Hall–Kier alpha value is -0.120. The summed E-state index contributed by atoms with van der Waals surface area (Å²) in [6.07, 6.45) is 6.45. The van der Waals surface area contributed by atoms with Crippen molar-refractivity contribution in [3.8, 4) is 0 Å². The van der Waals surface area contributed by atoms with Crippen LogP contribution in [0.15, 0.2) is 0 Å². The van der Waals surface area contributed by atoms with E-state index in [4.69, 9.17) is 10.5 Å². The number of ether oxygens (including phenoxy) is 1. The Morgan fingerprint density at radius 1 is 1.29 bits per heavy atom. The summed E-state index contributed by atoms with van der Waals surface area (Å²) >= 11 is 0. The van der Waals surface area contributed by atoms with Crippen molar-refractivity contribution in [2.24, 2.45) is 17.6 Å². The highest BCUT2D eigenvalue weighted by molar-refractivity contribution is 4.84. The first-order valence-electron chi connectivity index (χ1n) is 7.37. The van der Waals surface area contributed by atoms with Crippen LogP contribution in [0.1, 0.15) is 39.0 Å². The molecule has 100 valence electrons. The summed E-state index contributed by atoms with van der Waals surface area (Å²) in [7, 11) is 0. The topological polar surface area (TPSA) is 38.5 Å². The van der Waals surface area contributed by atoms with Gasteiger partial charge in [0.05, 0.1) is 6.61 Å². The van der Waals surface area contributed by atoms with Crippen LogP contribution in [0.5, 0.6) is 0 Å². The Bertz CT molecular complexity index is 208. The molecule has 17 heavy (non-hydrogen) atoms. The lowest BCUT2D eigenvalue weighted by Crippen LogP contribution is -2.45. The number of nitrogens with two attached hydrogens (primary N) is 1. The van der Waals surface area contributed by atoms with E-state index in [-0.39, 0.29) is 0 Å². The molecule has 2 rings (SSSR count). The fourth-order valence-electron chi connectivity index (χ4n) is 3.55. The fourth-order valence-corrected chi connectivity index (χ4v) is 3.55. The van der Waals surface area contributed by atoms with Crippen LogP contribution in [0.25, 0.3) is 0 Å².